The number of nitrogens with zero attached hydrogens (tertiary/aromatic N) is 1. The van der Waals surface area contributed by atoms with Gasteiger partial charge in [0.25, 0.3) is 0 Å². The average Bonchev–Trinajstić information content (AvgIpc) is 2.85. The minimum absolute atomic E-state index is 0.224. The number of aryl methyl sites for hydroxylation is 1. The molecule has 1 N–H and O–H groups in total. The number of benzene rings is 1. The summed E-state index contributed by atoms with van der Waals surface area (Å²) in [5.74, 6) is 1.12. The number of rotatable bonds is 2. The van der Waals surface area contributed by atoms with Gasteiger partial charge >= 0.3 is 0 Å². The van der Waals surface area contributed by atoms with E-state index in [-0.39, 0.29) is 17.4 Å². The molecule has 0 heterocycles. The Hall–Kier alpha value is -1.53. The van der Waals surface area contributed by atoms with Crippen LogP contribution in [-0.2, 0) is 11.8 Å². The Morgan fingerprint density at radius 2 is 2.30 bits per heavy atom. The predicted octanol–water partition coefficient (Wildman–Crippen LogP) is 2.95. The summed E-state index contributed by atoms with van der Waals surface area (Å²) in [6, 6.07) is 8.54. The first-order chi connectivity index (χ1) is 9.72. The Morgan fingerprint density at radius 3 is 2.95 bits per heavy atom. The van der Waals surface area contributed by atoms with Gasteiger partial charge in [-0.25, -0.2) is 0 Å². The Morgan fingerprint density at radius 1 is 1.45 bits per heavy atom. The summed E-state index contributed by atoms with van der Waals surface area (Å²) < 4.78 is 5.37. The van der Waals surface area contributed by atoms with E-state index in [1.54, 1.807) is 7.11 Å². The third kappa shape index (κ3) is 1.83. The average molecular weight is 271 g/mol. The van der Waals surface area contributed by atoms with E-state index in [4.69, 9.17) is 10.00 Å². The molecule has 20 heavy (non-hydrogen) atoms. The maximum atomic E-state index is 10.7. The first-order valence-corrected chi connectivity index (χ1v) is 7.44. The van der Waals surface area contributed by atoms with Crippen LogP contribution < -0.4 is 4.74 Å². The second-order valence-electron chi connectivity index (χ2n) is 6.07. The molecule has 0 radical (unpaired) electrons. The molecule has 106 valence electrons. The number of aliphatic hydroxyl groups is 1. The lowest BCUT2D eigenvalue weighted by Gasteiger charge is -2.45. The fraction of sp³-hybridized carbons (Fsp3) is 0.588. The largest absolute Gasteiger partial charge is 0.497 e. The number of hydrogen-bond acceptors (Lipinski definition) is 3. The number of hydrogen-bond donors (Lipinski definition) is 1. The van der Waals surface area contributed by atoms with Gasteiger partial charge in [-0.15, -0.1) is 0 Å². The number of nitriles is 1. The maximum Gasteiger partial charge on any atom is 0.119 e. The summed E-state index contributed by atoms with van der Waals surface area (Å²) in [4.78, 5) is 0. The quantitative estimate of drug-likeness (QED) is 0.899. The van der Waals surface area contributed by atoms with E-state index >= 15 is 0 Å². The predicted molar refractivity (Wildman–Crippen MR) is 76.6 cm³/mol. The van der Waals surface area contributed by atoms with Gasteiger partial charge in [0, 0.05) is 11.8 Å². The summed E-state index contributed by atoms with van der Waals surface area (Å²) in [7, 11) is 1.68. The van der Waals surface area contributed by atoms with E-state index in [1.165, 1.54) is 11.1 Å². The highest BCUT2D eigenvalue weighted by molar-refractivity contribution is 5.45. The van der Waals surface area contributed by atoms with E-state index in [0.29, 0.717) is 6.42 Å². The zero-order chi connectivity index (χ0) is 14.2. The second kappa shape index (κ2) is 5.10. The van der Waals surface area contributed by atoms with E-state index in [1.807, 2.05) is 6.07 Å². The summed E-state index contributed by atoms with van der Waals surface area (Å²) in [5, 5.41) is 19.8. The minimum atomic E-state index is -0.327. The smallest absolute Gasteiger partial charge is 0.119 e. The Balaban J connectivity index is 2.14. The lowest BCUT2D eigenvalue weighted by atomic mass is 9.60. The van der Waals surface area contributed by atoms with E-state index in [9.17, 15) is 5.11 Å². The first kappa shape index (κ1) is 13.5. The highest BCUT2D eigenvalue weighted by Gasteiger charge is 2.51. The van der Waals surface area contributed by atoms with Crippen molar-refractivity contribution in [2.24, 2.45) is 5.92 Å². The van der Waals surface area contributed by atoms with Crippen molar-refractivity contribution in [1.82, 2.24) is 0 Å². The molecule has 3 nitrogen and oxygen atoms in total. The molecule has 3 atom stereocenters. The lowest BCUT2D eigenvalue weighted by Crippen LogP contribution is -2.45. The normalized spacial score (nSPS) is 31.9. The SMILES string of the molecule is COc1ccc2c(c1)C1(CCCC1O)C(CC#N)CC2. The zero-order valence-corrected chi connectivity index (χ0v) is 11.9. The van der Waals surface area contributed by atoms with Crippen LogP contribution in [0.5, 0.6) is 5.75 Å². The monoisotopic (exact) mass is 271 g/mol. The maximum absolute atomic E-state index is 10.7. The molecule has 1 aromatic rings. The molecule has 3 heteroatoms. The van der Waals surface area contributed by atoms with Crippen molar-refractivity contribution in [3.8, 4) is 11.8 Å². The molecular weight excluding hydrogens is 250 g/mol. The van der Waals surface area contributed by atoms with Crippen LogP contribution in [0.15, 0.2) is 18.2 Å². The van der Waals surface area contributed by atoms with Crippen LogP contribution in [0.2, 0.25) is 0 Å². The first-order valence-electron chi connectivity index (χ1n) is 7.44. The van der Waals surface area contributed by atoms with Crippen molar-refractivity contribution in [2.45, 2.75) is 50.0 Å². The van der Waals surface area contributed by atoms with E-state index < -0.39 is 0 Å². The van der Waals surface area contributed by atoms with Crippen molar-refractivity contribution < 1.29 is 9.84 Å². The van der Waals surface area contributed by atoms with Crippen molar-refractivity contribution in [2.75, 3.05) is 7.11 Å². The molecular formula is C17H21NO2. The van der Waals surface area contributed by atoms with Gasteiger partial charge in [0.2, 0.25) is 0 Å². The molecule has 0 bridgehead atoms. The van der Waals surface area contributed by atoms with Crippen molar-refractivity contribution in [1.29, 1.82) is 5.26 Å². The van der Waals surface area contributed by atoms with Gasteiger partial charge in [0.1, 0.15) is 5.75 Å². The van der Waals surface area contributed by atoms with Crippen LogP contribution in [0.4, 0.5) is 0 Å². The van der Waals surface area contributed by atoms with Gasteiger partial charge in [-0.1, -0.05) is 6.07 Å². The van der Waals surface area contributed by atoms with Crippen LogP contribution in [0.1, 0.15) is 43.2 Å². The van der Waals surface area contributed by atoms with Crippen LogP contribution in [0.25, 0.3) is 0 Å². The van der Waals surface area contributed by atoms with Crippen molar-refractivity contribution in [3.05, 3.63) is 29.3 Å². The highest BCUT2D eigenvalue weighted by atomic mass is 16.5. The molecule has 2 aliphatic carbocycles. The van der Waals surface area contributed by atoms with E-state index in [0.717, 1.165) is 37.9 Å². The lowest BCUT2D eigenvalue weighted by molar-refractivity contribution is 0.0571. The zero-order valence-electron chi connectivity index (χ0n) is 11.9. The molecule has 3 unspecified atom stereocenters. The van der Waals surface area contributed by atoms with E-state index in [2.05, 4.69) is 18.2 Å². The molecule has 0 aliphatic heterocycles. The molecule has 0 amide bonds. The second-order valence-corrected chi connectivity index (χ2v) is 6.07. The molecule has 1 saturated carbocycles. The fourth-order valence-electron chi connectivity index (χ4n) is 4.34. The summed E-state index contributed by atoms with van der Waals surface area (Å²) >= 11 is 0. The van der Waals surface area contributed by atoms with Crippen LogP contribution in [0, 0.1) is 17.2 Å². The number of aliphatic hydroxyl groups excluding tert-OH is 1. The van der Waals surface area contributed by atoms with Gasteiger partial charge in [-0.05, 0) is 61.3 Å². The van der Waals surface area contributed by atoms with Crippen LogP contribution >= 0.6 is 0 Å². The number of ether oxygens (including phenoxy) is 1. The molecule has 0 aromatic heterocycles. The van der Waals surface area contributed by atoms with Gasteiger partial charge in [-0.3, -0.25) is 0 Å². The van der Waals surface area contributed by atoms with Gasteiger partial charge in [-0.2, -0.15) is 5.26 Å². The van der Waals surface area contributed by atoms with Crippen molar-refractivity contribution in [3.63, 3.8) is 0 Å². The third-order valence-corrected chi connectivity index (χ3v) is 5.31. The molecule has 1 aromatic carbocycles. The summed E-state index contributed by atoms with van der Waals surface area (Å²) in [6.07, 6.45) is 5.09. The highest BCUT2D eigenvalue weighted by Crippen LogP contribution is 2.53. The number of methoxy groups -OCH3 is 1. The Kier molecular flexibility index (Phi) is 3.43. The third-order valence-electron chi connectivity index (χ3n) is 5.31. The van der Waals surface area contributed by atoms with Crippen LogP contribution in [0.3, 0.4) is 0 Å². The Labute approximate surface area is 120 Å². The molecule has 3 rings (SSSR count). The fourth-order valence-corrected chi connectivity index (χ4v) is 4.34. The standard InChI is InChI=1S/C17H21NO2/c1-20-14-7-5-12-4-6-13(8-10-18)17(15(12)11-14)9-2-3-16(17)19/h5,7,11,13,16,19H,2-4,6,8-9H2,1H3. The molecule has 1 spiro atoms. The molecule has 0 saturated heterocycles. The topological polar surface area (TPSA) is 53.2 Å². The summed E-state index contributed by atoms with van der Waals surface area (Å²) in [6.45, 7) is 0. The molecule has 2 aliphatic rings. The van der Waals surface area contributed by atoms with Gasteiger partial charge in [0.05, 0.1) is 19.3 Å². The number of fused-ring (bicyclic) bond motifs is 2. The molecule has 1 fully saturated rings. The van der Waals surface area contributed by atoms with Gasteiger partial charge < -0.3 is 9.84 Å². The minimum Gasteiger partial charge on any atom is -0.497 e. The van der Waals surface area contributed by atoms with Crippen LogP contribution in [-0.4, -0.2) is 18.3 Å². The summed E-state index contributed by atoms with van der Waals surface area (Å²) in [5.41, 5.74) is 2.33. The van der Waals surface area contributed by atoms with Crippen molar-refractivity contribution >= 4 is 0 Å². The Bertz CT molecular complexity index is 548. The van der Waals surface area contributed by atoms with Gasteiger partial charge in [0.15, 0.2) is 0 Å².